The molecular weight excluding hydrogens is 877 g/mol. The fraction of sp³-hybridized carbons (Fsp3) is 0.831. The lowest BCUT2D eigenvalue weighted by Gasteiger charge is -2.18. The summed E-state index contributed by atoms with van der Waals surface area (Å²) in [6.45, 7) is 6.55. The fourth-order valence-electron chi connectivity index (χ4n) is 9.20. The lowest BCUT2D eigenvalue weighted by molar-refractivity contribution is -0.167. The summed E-state index contributed by atoms with van der Waals surface area (Å²) in [6, 6.07) is 0. The molecule has 0 fully saturated rings. The van der Waals surface area contributed by atoms with Gasteiger partial charge >= 0.3 is 17.9 Å². The third-order valence-electron chi connectivity index (χ3n) is 13.8. The Morgan fingerprint density at radius 3 is 0.859 bits per heavy atom. The summed E-state index contributed by atoms with van der Waals surface area (Å²) in [5.74, 6) is -0.855. The van der Waals surface area contributed by atoms with E-state index in [-0.39, 0.29) is 31.1 Å². The molecule has 0 rings (SSSR count). The first-order valence-electron chi connectivity index (χ1n) is 31.1. The van der Waals surface area contributed by atoms with Gasteiger partial charge < -0.3 is 14.2 Å². The molecular formula is C65H118O6. The van der Waals surface area contributed by atoms with Gasteiger partial charge in [0.05, 0.1) is 0 Å². The van der Waals surface area contributed by atoms with E-state index in [0.29, 0.717) is 19.3 Å². The van der Waals surface area contributed by atoms with E-state index in [1.54, 1.807) is 0 Å². The summed E-state index contributed by atoms with van der Waals surface area (Å²) in [6.07, 6.45) is 74.2. The number of unbranched alkanes of at least 4 members (excludes halogenated alkanes) is 38. The Balaban J connectivity index is 4.14. The molecule has 71 heavy (non-hydrogen) atoms. The van der Waals surface area contributed by atoms with Gasteiger partial charge in [0.1, 0.15) is 13.2 Å². The van der Waals surface area contributed by atoms with Gasteiger partial charge in [-0.1, -0.05) is 301 Å². The zero-order chi connectivity index (χ0) is 51.4. The number of allylic oxidation sites excluding steroid dienone is 8. The second kappa shape index (κ2) is 59.9. The van der Waals surface area contributed by atoms with Crippen LogP contribution in [0.1, 0.15) is 329 Å². The van der Waals surface area contributed by atoms with Crippen LogP contribution in [0.15, 0.2) is 48.6 Å². The minimum absolute atomic E-state index is 0.0686. The number of hydrogen-bond acceptors (Lipinski definition) is 6. The molecule has 0 saturated heterocycles. The van der Waals surface area contributed by atoms with Crippen molar-refractivity contribution in [2.24, 2.45) is 0 Å². The lowest BCUT2D eigenvalue weighted by Crippen LogP contribution is -2.30. The zero-order valence-corrected chi connectivity index (χ0v) is 47.5. The molecule has 0 aromatic heterocycles. The summed E-state index contributed by atoms with van der Waals surface area (Å²) in [7, 11) is 0. The maximum absolute atomic E-state index is 12.9. The molecule has 1 unspecified atom stereocenters. The van der Waals surface area contributed by atoms with Crippen molar-refractivity contribution >= 4 is 17.9 Å². The highest BCUT2D eigenvalue weighted by molar-refractivity contribution is 5.71. The second-order valence-corrected chi connectivity index (χ2v) is 21.0. The molecule has 0 N–H and O–H groups in total. The number of hydrogen-bond donors (Lipinski definition) is 0. The average molecular weight is 996 g/mol. The van der Waals surface area contributed by atoms with Crippen LogP contribution in [0.4, 0.5) is 0 Å². The first kappa shape index (κ1) is 68.4. The number of carbonyl (C=O) groups is 3. The van der Waals surface area contributed by atoms with Crippen molar-refractivity contribution in [1.29, 1.82) is 0 Å². The fourth-order valence-corrected chi connectivity index (χ4v) is 9.20. The molecule has 0 bridgehead atoms. The van der Waals surface area contributed by atoms with Crippen LogP contribution in [0.3, 0.4) is 0 Å². The Hall–Kier alpha value is -2.63. The van der Waals surface area contributed by atoms with Crippen LogP contribution in [0.25, 0.3) is 0 Å². The van der Waals surface area contributed by atoms with Crippen LogP contribution in [-0.4, -0.2) is 37.2 Å². The first-order valence-corrected chi connectivity index (χ1v) is 31.1. The average Bonchev–Trinajstić information content (AvgIpc) is 3.37. The summed E-state index contributed by atoms with van der Waals surface area (Å²) in [4.78, 5) is 38.1. The van der Waals surface area contributed by atoms with Gasteiger partial charge in [-0.25, -0.2) is 0 Å². The predicted molar refractivity (Wildman–Crippen MR) is 307 cm³/mol. The molecule has 0 amide bonds. The number of carbonyl (C=O) groups excluding carboxylic acids is 3. The van der Waals surface area contributed by atoms with Gasteiger partial charge in [0.2, 0.25) is 0 Å². The van der Waals surface area contributed by atoms with Gasteiger partial charge in [0, 0.05) is 19.3 Å². The highest BCUT2D eigenvalue weighted by Crippen LogP contribution is 2.17. The van der Waals surface area contributed by atoms with Crippen molar-refractivity contribution in [3.63, 3.8) is 0 Å². The molecule has 0 saturated carbocycles. The quantitative estimate of drug-likeness (QED) is 0.0261. The molecule has 0 heterocycles. The lowest BCUT2D eigenvalue weighted by atomic mass is 10.0. The van der Waals surface area contributed by atoms with Crippen LogP contribution in [0, 0.1) is 0 Å². The largest absolute Gasteiger partial charge is 0.462 e. The topological polar surface area (TPSA) is 78.9 Å². The highest BCUT2D eigenvalue weighted by Gasteiger charge is 2.19. The van der Waals surface area contributed by atoms with Gasteiger partial charge in [-0.15, -0.1) is 0 Å². The maximum Gasteiger partial charge on any atom is 0.306 e. The normalized spacial score (nSPS) is 12.3. The smallest absolute Gasteiger partial charge is 0.306 e. The monoisotopic (exact) mass is 995 g/mol. The summed E-state index contributed by atoms with van der Waals surface area (Å²) < 4.78 is 16.9. The molecule has 0 aliphatic heterocycles. The van der Waals surface area contributed by atoms with Gasteiger partial charge in [0.15, 0.2) is 6.10 Å². The van der Waals surface area contributed by atoms with Crippen LogP contribution >= 0.6 is 0 Å². The summed E-state index contributed by atoms with van der Waals surface area (Å²) >= 11 is 0. The minimum Gasteiger partial charge on any atom is -0.462 e. The van der Waals surface area contributed by atoms with Crippen molar-refractivity contribution in [2.45, 2.75) is 335 Å². The summed E-state index contributed by atoms with van der Waals surface area (Å²) in [5, 5.41) is 0. The van der Waals surface area contributed by atoms with E-state index in [1.807, 2.05) is 0 Å². The predicted octanol–water partition coefficient (Wildman–Crippen LogP) is 21.0. The van der Waals surface area contributed by atoms with Gasteiger partial charge in [0.25, 0.3) is 0 Å². The molecule has 0 aromatic rings. The zero-order valence-electron chi connectivity index (χ0n) is 47.5. The van der Waals surface area contributed by atoms with Gasteiger partial charge in [-0.05, 0) is 57.8 Å². The second-order valence-electron chi connectivity index (χ2n) is 21.0. The van der Waals surface area contributed by atoms with Crippen LogP contribution in [-0.2, 0) is 28.6 Å². The standard InChI is InChI=1S/C65H118O6/c1-4-7-10-13-16-19-21-23-25-27-29-31-32-33-34-35-37-38-40-42-44-46-49-52-55-58-64(67)70-61-62(60-69-63(66)57-54-51-48-18-15-12-9-6-3)71-65(68)59-56-53-50-47-45-43-41-39-36-30-28-26-24-22-20-17-14-11-8-5-2/h7,10,16,19,23,25,29,31,62H,4-6,8-9,11-15,17-18,20-22,24,26-28,30,32-61H2,1-3H3/b10-7-,19-16-,25-23-,31-29-. The van der Waals surface area contributed by atoms with Gasteiger partial charge in [-0.3, -0.25) is 14.4 Å². The van der Waals surface area contributed by atoms with Crippen molar-refractivity contribution in [3.8, 4) is 0 Å². The molecule has 6 heteroatoms. The summed E-state index contributed by atoms with van der Waals surface area (Å²) in [5.41, 5.74) is 0. The third-order valence-corrected chi connectivity index (χ3v) is 13.8. The molecule has 0 aliphatic carbocycles. The molecule has 1 atom stereocenters. The van der Waals surface area contributed by atoms with Crippen LogP contribution in [0.2, 0.25) is 0 Å². The Bertz CT molecular complexity index is 1230. The SMILES string of the molecule is CC/C=C\C/C=C\C/C=C\C/C=C\CCCCCCCCCCCCCCC(=O)OCC(COC(=O)CCCCCCCCCC)OC(=O)CCCCCCCCCCCCCCCCCCCCCC. The number of esters is 3. The van der Waals surface area contributed by atoms with Crippen molar-refractivity contribution < 1.29 is 28.6 Å². The number of rotatable bonds is 57. The van der Waals surface area contributed by atoms with E-state index in [0.717, 1.165) is 83.5 Å². The molecule has 0 radical (unpaired) electrons. The Labute approximate surface area is 441 Å². The van der Waals surface area contributed by atoms with Crippen molar-refractivity contribution in [3.05, 3.63) is 48.6 Å². The van der Waals surface area contributed by atoms with Crippen molar-refractivity contribution in [2.75, 3.05) is 13.2 Å². The van der Waals surface area contributed by atoms with E-state index in [4.69, 9.17) is 14.2 Å². The Morgan fingerprint density at radius 1 is 0.296 bits per heavy atom. The molecule has 0 aliphatic rings. The minimum atomic E-state index is -0.768. The van der Waals surface area contributed by atoms with Crippen molar-refractivity contribution in [1.82, 2.24) is 0 Å². The number of ether oxygens (including phenoxy) is 3. The molecule has 414 valence electrons. The highest BCUT2D eigenvalue weighted by atomic mass is 16.6. The molecule has 6 nitrogen and oxygen atoms in total. The van der Waals surface area contributed by atoms with E-state index in [1.165, 1.54) is 205 Å². The Kier molecular flexibility index (Phi) is 57.7. The Morgan fingerprint density at radius 2 is 0.549 bits per heavy atom. The molecule has 0 spiro atoms. The van der Waals surface area contributed by atoms with Crippen LogP contribution < -0.4 is 0 Å². The van der Waals surface area contributed by atoms with Gasteiger partial charge in [-0.2, -0.15) is 0 Å². The molecule has 0 aromatic carbocycles. The van der Waals surface area contributed by atoms with Crippen LogP contribution in [0.5, 0.6) is 0 Å². The first-order chi connectivity index (χ1) is 35.0. The van der Waals surface area contributed by atoms with E-state index < -0.39 is 6.10 Å². The van der Waals surface area contributed by atoms with E-state index in [2.05, 4.69) is 69.4 Å². The van der Waals surface area contributed by atoms with E-state index >= 15 is 0 Å². The third kappa shape index (κ3) is 58.1. The maximum atomic E-state index is 12.9. The van der Waals surface area contributed by atoms with E-state index in [9.17, 15) is 14.4 Å².